The molecule has 0 fully saturated rings. The molecule has 0 aromatic carbocycles. The predicted molar refractivity (Wildman–Crippen MR) is 74.5 cm³/mol. The summed E-state index contributed by atoms with van der Waals surface area (Å²) in [4.78, 5) is 6.93. The average Bonchev–Trinajstić information content (AvgIpc) is 2.85. The van der Waals surface area contributed by atoms with Gasteiger partial charge < -0.3 is 9.88 Å². The number of unbranched alkanes of at least 4 members (excludes halogenated alkanes) is 2. The van der Waals surface area contributed by atoms with Crippen molar-refractivity contribution < 1.29 is 0 Å². The van der Waals surface area contributed by atoms with Crippen molar-refractivity contribution in [2.45, 2.75) is 52.2 Å². The van der Waals surface area contributed by atoms with Gasteiger partial charge in [-0.2, -0.15) is 0 Å². The molecule has 0 saturated carbocycles. The monoisotopic (exact) mass is 250 g/mol. The largest absolute Gasteiger partial charge is 0.333 e. The summed E-state index contributed by atoms with van der Waals surface area (Å²) in [7, 11) is 0. The molecule has 1 aromatic rings. The minimum atomic E-state index is 0.595. The van der Waals surface area contributed by atoms with E-state index in [2.05, 4.69) is 39.8 Å². The normalized spacial score (nSPS) is 17.7. The summed E-state index contributed by atoms with van der Waals surface area (Å²) in [6, 6.07) is 0.595. The highest BCUT2D eigenvalue weighted by molar-refractivity contribution is 4.96. The van der Waals surface area contributed by atoms with Gasteiger partial charge in [-0.25, -0.2) is 4.98 Å². The smallest absolute Gasteiger partial charge is 0.122 e. The highest BCUT2D eigenvalue weighted by Crippen LogP contribution is 2.12. The molecule has 1 unspecified atom stereocenters. The zero-order valence-corrected chi connectivity index (χ0v) is 11.7. The molecule has 1 aromatic heterocycles. The molecule has 0 spiro atoms. The molecule has 4 nitrogen and oxygen atoms in total. The first-order valence-electron chi connectivity index (χ1n) is 7.26. The van der Waals surface area contributed by atoms with Crippen LogP contribution in [0.5, 0.6) is 0 Å². The molecule has 1 atom stereocenters. The second-order valence-corrected chi connectivity index (χ2v) is 5.27. The van der Waals surface area contributed by atoms with Gasteiger partial charge in [-0.1, -0.05) is 19.8 Å². The SMILES string of the molecule is CCCCCNCC(C)N1CCn2ccnc2C1. The van der Waals surface area contributed by atoms with Crippen LogP contribution in [0.1, 0.15) is 38.9 Å². The quantitative estimate of drug-likeness (QED) is 0.750. The van der Waals surface area contributed by atoms with E-state index in [9.17, 15) is 0 Å². The van der Waals surface area contributed by atoms with E-state index in [1.165, 1.54) is 25.1 Å². The van der Waals surface area contributed by atoms with Crippen molar-refractivity contribution in [3.8, 4) is 0 Å². The lowest BCUT2D eigenvalue weighted by Gasteiger charge is -2.32. The highest BCUT2D eigenvalue weighted by atomic mass is 15.3. The lowest BCUT2D eigenvalue weighted by Crippen LogP contribution is -2.44. The Morgan fingerprint density at radius 1 is 1.39 bits per heavy atom. The number of fused-ring (bicyclic) bond motifs is 1. The Bertz CT molecular complexity index is 347. The molecule has 4 heteroatoms. The summed E-state index contributed by atoms with van der Waals surface area (Å²) in [6.07, 6.45) is 7.93. The summed E-state index contributed by atoms with van der Waals surface area (Å²) in [6.45, 7) is 10.0. The second kappa shape index (κ2) is 6.90. The lowest BCUT2D eigenvalue weighted by atomic mass is 10.2. The van der Waals surface area contributed by atoms with Crippen molar-refractivity contribution in [1.82, 2.24) is 19.8 Å². The van der Waals surface area contributed by atoms with E-state index in [1.807, 2.05) is 6.20 Å². The molecule has 1 aliphatic rings. The number of hydrogen-bond acceptors (Lipinski definition) is 3. The topological polar surface area (TPSA) is 33.1 Å². The summed E-state index contributed by atoms with van der Waals surface area (Å²) >= 11 is 0. The summed E-state index contributed by atoms with van der Waals surface area (Å²) in [5.41, 5.74) is 0. The van der Waals surface area contributed by atoms with Crippen molar-refractivity contribution in [3.63, 3.8) is 0 Å². The molecule has 0 radical (unpaired) electrons. The average molecular weight is 250 g/mol. The highest BCUT2D eigenvalue weighted by Gasteiger charge is 2.20. The van der Waals surface area contributed by atoms with Crippen molar-refractivity contribution in [1.29, 1.82) is 0 Å². The van der Waals surface area contributed by atoms with Crippen LogP contribution in [0, 0.1) is 0 Å². The Morgan fingerprint density at radius 3 is 3.11 bits per heavy atom. The van der Waals surface area contributed by atoms with E-state index in [1.54, 1.807) is 0 Å². The van der Waals surface area contributed by atoms with Gasteiger partial charge >= 0.3 is 0 Å². The van der Waals surface area contributed by atoms with Crippen LogP contribution >= 0.6 is 0 Å². The van der Waals surface area contributed by atoms with Crippen molar-refractivity contribution in [2.24, 2.45) is 0 Å². The minimum absolute atomic E-state index is 0.595. The van der Waals surface area contributed by atoms with Crippen molar-refractivity contribution in [2.75, 3.05) is 19.6 Å². The van der Waals surface area contributed by atoms with Gasteiger partial charge in [0.1, 0.15) is 5.82 Å². The lowest BCUT2D eigenvalue weighted by molar-refractivity contribution is 0.160. The van der Waals surface area contributed by atoms with Gasteiger partial charge in [-0.3, -0.25) is 4.90 Å². The Hall–Kier alpha value is -0.870. The minimum Gasteiger partial charge on any atom is -0.333 e. The molecule has 102 valence electrons. The zero-order valence-electron chi connectivity index (χ0n) is 11.7. The molecular weight excluding hydrogens is 224 g/mol. The maximum absolute atomic E-state index is 4.41. The van der Waals surface area contributed by atoms with Crippen LogP contribution < -0.4 is 5.32 Å². The third-order valence-corrected chi connectivity index (χ3v) is 3.79. The van der Waals surface area contributed by atoms with Gasteiger partial charge in [0.05, 0.1) is 6.54 Å². The van der Waals surface area contributed by atoms with E-state index >= 15 is 0 Å². The fourth-order valence-corrected chi connectivity index (χ4v) is 2.51. The molecule has 2 heterocycles. The molecular formula is C14H26N4. The number of hydrogen-bond donors (Lipinski definition) is 1. The number of imidazole rings is 1. The molecule has 1 aliphatic heterocycles. The fourth-order valence-electron chi connectivity index (χ4n) is 2.51. The van der Waals surface area contributed by atoms with Crippen LogP contribution in [-0.2, 0) is 13.1 Å². The molecule has 0 bridgehead atoms. The van der Waals surface area contributed by atoms with E-state index in [4.69, 9.17) is 0 Å². The summed E-state index contributed by atoms with van der Waals surface area (Å²) in [5, 5.41) is 3.57. The van der Waals surface area contributed by atoms with Crippen molar-refractivity contribution >= 4 is 0 Å². The maximum atomic E-state index is 4.41. The molecule has 0 saturated heterocycles. The fraction of sp³-hybridized carbons (Fsp3) is 0.786. The predicted octanol–water partition coefficient (Wildman–Crippen LogP) is 1.87. The van der Waals surface area contributed by atoms with Crippen molar-refractivity contribution in [3.05, 3.63) is 18.2 Å². The van der Waals surface area contributed by atoms with Crippen LogP contribution in [0.15, 0.2) is 12.4 Å². The van der Waals surface area contributed by atoms with Crippen LogP contribution in [0.2, 0.25) is 0 Å². The summed E-state index contributed by atoms with van der Waals surface area (Å²) in [5.74, 6) is 1.21. The molecule has 0 aliphatic carbocycles. The van der Waals surface area contributed by atoms with Gasteiger partial charge in [-0.15, -0.1) is 0 Å². The van der Waals surface area contributed by atoms with E-state index in [0.717, 1.165) is 32.7 Å². The van der Waals surface area contributed by atoms with Crippen LogP contribution in [-0.4, -0.2) is 40.1 Å². The van der Waals surface area contributed by atoms with Gasteiger partial charge in [-0.05, 0) is 19.9 Å². The Labute approximate surface area is 110 Å². The standard InChI is InChI=1S/C14H26N4/c1-3-4-5-6-15-11-13(2)18-10-9-17-8-7-16-14(17)12-18/h7-8,13,15H,3-6,9-12H2,1-2H3. The van der Waals surface area contributed by atoms with E-state index in [0.29, 0.717) is 6.04 Å². The molecule has 0 amide bonds. The van der Waals surface area contributed by atoms with Crippen LogP contribution in [0.3, 0.4) is 0 Å². The van der Waals surface area contributed by atoms with Gasteiger partial charge in [0.2, 0.25) is 0 Å². The maximum Gasteiger partial charge on any atom is 0.122 e. The van der Waals surface area contributed by atoms with Gasteiger partial charge in [0.15, 0.2) is 0 Å². The number of nitrogens with zero attached hydrogens (tertiary/aromatic N) is 3. The number of aromatic nitrogens is 2. The first-order chi connectivity index (χ1) is 8.81. The second-order valence-electron chi connectivity index (χ2n) is 5.27. The molecule has 2 rings (SSSR count). The third-order valence-electron chi connectivity index (χ3n) is 3.79. The van der Waals surface area contributed by atoms with E-state index in [-0.39, 0.29) is 0 Å². The zero-order chi connectivity index (χ0) is 12.8. The Kier molecular flexibility index (Phi) is 5.20. The van der Waals surface area contributed by atoms with Crippen LogP contribution in [0.4, 0.5) is 0 Å². The number of rotatable bonds is 7. The number of nitrogens with one attached hydrogen (secondary N) is 1. The first kappa shape index (κ1) is 13.6. The summed E-state index contributed by atoms with van der Waals surface area (Å²) < 4.78 is 2.26. The Balaban J connectivity index is 1.69. The molecule has 1 N–H and O–H groups in total. The van der Waals surface area contributed by atoms with E-state index < -0.39 is 0 Å². The van der Waals surface area contributed by atoms with Gasteiger partial charge in [0.25, 0.3) is 0 Å². The third kappa shape index (κ3) is 3.56. The first-order valence-corrected chi connectivity index (χ1v) is 7.26. The van der Waals surface area contributed by atoms with Crippen LogP contribution in [0.25, 0.3) is 0 Å². The molecule has 18 heavy (non-hydrogen) atoms. The van der Waals surface area contributed by atoms with Gasteiger partial charge in [0, 0.05) is 38.1 Å². The Morgan fingerprint density at radius 2 is 2.28 bits per heavy atom.